The molecule has 1 fully saturated rings. The van der Waals surface area contributed by atoms with Crippen LogP contribution in [0.1, 0.15) is 12.8 Å². The second-order valence-electron chi connectivity index (χ2n) is 3.61. The van der Waals surface area contributed by atoms with E-state index in [1.807, 2.05) is 0 Å². The highest BCUT2D eigenvalue weighted by Crippen LogP contribution is 2.02. The number of ether oxygens (including phenoxy) is 1. The van der Waals surface area contributed by atoms with Crippen LogP contribution in [0.4, 0.5) is 4.79 Å². The first-order chi connectivity index (χ1) is 6.74. The standard InChI is InChI=1S/C10H19N2O2/c1-3-4-9-14-10(13)12-7-5-11(2)6-8-12/h1,3-9H2,2H3. The average Bonchev–Trinajstić information content (AvgIpc) is 2.19. The Kier molecular flexibility index (Phi) is 4.73. The van der Waals surface area contributed by atoms with Crippen LogP contribution in [0.3, 0.4) is 0 Å². The lowest BCUT2D eigenvalue weighted by Gasteiger charge is -2.31. The van der Waals surface area contributed by atoms with Gasteiger partial charge in [-0.25, -0.2) is 4.79 Å². The number of piperazine rings is 1. The number of hydrogen-bond acceptors (Lipinski definition) is 3. The Morgan fingerprint density at radius 1 is 1.36 bits per heavy atom. The normalized spacial score (nSPS) is 18.3. The molecule has 0 unspecified atom stereocenters. The minimum Gasteiger partial charge on any atom is -0.449 e. The first-order valence-corrected chi connectivity index (χ1v) is 5.13. The van der Waals surface area contributed by atoms with Crippen LogP contribution in [-0.2, 0) is 4.74 Å². The van der Waals surface area contributed by atoms with Gasteiger partial charge >= 0.3 is 6.09 Å². The zero-order valence-corrected chi connectivity index (χ0v) is 8.87. The SMILES string of the molecule is [CH2]CCCOC(=O)N1CCN(C)CC1. The van der Waals surface area contributed by atoms with E-state index in [1.54, 1.807) is 4.90 Å². The number of unbranched alkanes of at least 4 members (excludes halogenated alkanes) is 1. The third-order valence-electron chi connectivity index (χ3n) is 2.38. The first-order valence-electron chi connectivity index (χ1n) is 5.13. The molecular formula is C10H19N2O2. The molecule has 0 atom stereocenters. The fraction of sp³-hybridized carbons (Fsp3) is 0.800. The Balaban J connectivity index is 2.17. The van der Waals surface area contributed by atoms with Crippen molar-refractivity contribution < 1.29 is 9.53 Å². The molecule has 0 bridgehead atoms. The predicted molar refractivity (Wildman–Crippen MR) is 55.0 cm³/mol. The van der Waals surface area contributed by atoms with Gasteiger partial charge in [-0.15, -0.1) is 0 Å². The summed E-state index contributed by atoms with van der Waals surface area (Å²) in [6, 6.07) is 0. The molecule has 0 aliphatic carbocycles. The summed E-state index contributed by atoms with van der Waals surface area (Å²) in [7, 11) is 2.06. The number of nitrogens with zero attached hydrogens (tertiary/aromatic N) is 2. The highest BCUT2D eigenvalue weighted by Gasteiger charge is 2.19. The van der Waals surface area contributed by atoms with Gasteiger partial charge in [0.05, 0.1) is 6.61 Å². The molecule has 4 nitrogen and oxygen atoms in total. The fourth-order valence-electron chi connectivity index (χ4n) is 1.34. The molecule has 4 heteroatoms. The molecule has 0 N–H and O–H groups in total. The molecule has 1 saturated heterocycles. The lowest BCUT2D eigenvalue weighted by Crippen LogP contribution is -2.47. The maximum atomic E-state index is 11.4. The fourth-order valence-corrected chi connectivity index (χ4v) is 1.34. The monoisotopic (exact) mass is 199 g/mol. The van der Waals surface area contributed by atoms with E-state index in [0.717, 1.165) is 39.0 Å². The lowest BCUT2D eigenvalue weighted by molar-refractivity contribution is 0.0812. The van der Waals surface area contributed by atoms with Crippen LogP contribution in [0.2, 0.25) is 0 Å². The van der Waals surface area contributed by atoms with E-state index < -0.39 is 0 Å². The largest absolute Gasteiger partial charge is 0.449 e. The summed E-state index contributed by atoms with van der Waals surface area (Å²) in [6.07, 6.45) is 1.49. The minimum absolute atomic E-state index is 0.174. The summed E-state index contributed by atoms with van der Waals surface area (Å²) in [5.41, 5.74) is 0. The topological polar surface area (TPSA) is 32.8 Å². The van der Waals surface area contributed by atoms with Gasteiger partial charge in [-0.05, 0) is 13.5 Å². The quantitative estimate of drug-likeness (QED) is 0.635. The third-order valence-corrected chi connectivity index (χ3v) is 2.38. The van der Waals surface area contributed by atoms with E-state index in [2.05, 4.69) is 18.9 Å². The van der Waals surface area contributed by atoms with Gasteiger partial charge in [-0.3, -0.25) is 0 Å². The van der Waals surface area contributed by atoms with Crippen molar-refractivity contribution >= 4 is 6.09 Å². The maximum absolute atomic E-state index is 11.4. The number of carbonyl (C=O) groups excluding carboxylic acids is 1. The smallest absolute Gasteiger partial charge is 0.409 e. The zero-order chi connectivity index (χ0) is 10.4. The summed E-state index contributed by atoms with van der Waals surface area (Å²) in [4.78, 5) is 15.4. The van der Waals surface area contributed by atoms with Gasteiger partial charge in [0.2, 0.25) is 0 Å². The van der Waals surface area contributed by atoms with Crippen molar-refractivity contribution in [3.63, 3.8) is 0 Å². The predicted octanol–water partition coefficient (Wildman–Crippen LogP) is 0.985. The molecule has 0 aromatic rings. The average molecular weight is 199 g/mol. The summed E-state index contributed by atoms with van der Waals surface area (Å²) in [6.45, 7) is 7.61. The van der Waals surface area contributed by atoms with Gasteiger partial charge in [0.1, 0.15) is 0 Å². The number of rotatable bonds is 3. The summed E-state index contributed by atoms with van der Waals surface area (Å²) < 4.78 is 5.09. The Morgan fingerprint density at radius 3 is 2.57 bits per heavy atom. The van der Waals surface area contributed by atoms with Gasteiger partial charge in [-0.2, -0.15) is 0 Å². The second kappa shape index (κ2) is 5.86. The van der Waals surface area contributed by atoms with Crippen molar-refractivity contribution in [2.75, 3.05) is 39.8 Å². The number of hydrogen-bond donors (Lipinski definition) is 0. The third kappa shape index (κ3) is 3.54. The number of carbonyl (C=O) groups is 1. The van der Waals surface area contributed by atoms with Crippen LogP contribution in [0.5, 0.6) is 0 Å². The van der Waals surface area contributed by atoms with Crippen LogP contribution >= 0.6 is 0 Å². The van der Waals surface area contributed by atoms with Gasteiger partial charge in [-0.1, -0.05) is 13.3 Å². The van der Waals surface area contributed by atoms with Crippen molar-refractivity contribution in [3.05, 3.63) is 6.92 Å². The van der Waals surface area contributed by atoms with Gasteiger partial charge in [0, 0.05) is 26.2 Å². The van der Waals surface area contributed by atoms with E-state index in [4.69, 9.17) is 4.74 Å². The molecule has 0 spiro atoms. The minimum atomic E-state index is -0.174. The van der Waals surface area contributed by atoms with Crippen molar-refractivity contribution in [2.24, 2.45) is 0 Å². The van der Waals surface area contributed by atoms with E-state index >= 15 is 0 Å². The Bertz CT molecular complexity index is 177. The molecule has 1 heterocycles. The molecule has 1 radical (unpaired) electrons. The van der Waals surface area contributed by atoms with Crippen molar-refractivity contribution in [1.29, 1.82) is 0 Å². The molecular weight excluding hydrogens is 180 g/mol. The summed E-state index contributed by atoms with van der Waals surface area (Å²) in [5.74, 6) is 0. The highest BCUT2D eigenvalue weighted by atomic mass is 16.6. The molecule has 0 aromatic heterocycles. The molecule has 14 heavy (non-hydrogen) atoms. The first kappa shape index (κ1) is 11.3. The van der Waals surface area contributed by atoms with Crippen molar-refractivity contribution in [1.82, 2.24) is 9.80 Å². The Morgan fingerprint density at radius 2 is 2.00 bits per heavy atom. The van der Waals surface area contributed by atoms with E-state index in [1.165, 1.54) is 0 Å². The van der Waals surface area contributed by atoms with Crippen molar-refractivity contribution in [2.45, 2.75) is 12.8 Å². The van der Waals surface area contributed by atoms with Gasteiger partial charge < -0.3 is 14.5 Å². The lowest BCUT2D eigenvalue weighted by atomic mass is 10.3. The van der Waals surface area contributed by atoms with Gasteiger partial charge in [0.25, 0.3) is 0 Å². The molecule has 0 saturated carbocycles. The molecule has 81 valence electrons. The van der Waals surface area contributed by atoms with Crippen LogP contribution in [0.15, 0.2) is 0 Å². The molecule has 1 amide bonds. The van der Waals surface area contributed by atoms with E-state index in [-0.39, 0.29) is 6.09 Å². The van der Waals surface area contributed by atoms with E-state index in [0.29, 0.717) is 6.61 Å². The summed E-state index contributed by atoms with van der Waals surface area (Å²) >= 11 is 0. The zero-order valence-electron chi connectivity index (χ0n) is 8.87. The Hall–Kier alpha value is -0.770. The molecule has 1 aliphatic heterocycles. The van der Waals surface area contributed by atoms with Crippen LogP contribution < -0.4 is 0 Å². The molecule has 0 aromatic carbocycles. The Labute approximate surface area is 85.8 Å². The highest BCUT2D eigenvalue weighted by molar-refractivity contribution is 5.67. The van der Waals surface area contributed by atoms with Crippen LogP contribution in [-0.4, -0.2) is 55.7 Å². The molecule has 1 aliphatic rings. The second-order valence-corrected chi connectivity index (χ2v) is 3.61. The van der Waals surface area contributed by atoms with E-state index in [9.17, 15) is 4.79 Å². The van der Waals surface area contributed by atoms with Crippen LogP contribution in [0.25, 0.3) is 0 Å². The van der Waals surface area contributed by atoms with Gasteiger partial charge in [0.15, 0.2) is 0 Å². The van der Waals surface area contributed by atoms with Crippen LogP contribution in [0, 0.1) is 6.92 Å². The summed E-state index contributed by atoms with van der Waals surface area (Å²) in [5, 5.41) is 0. The number of likely N-dealkylation sites (N-methyl/N-ethyl adjacent to an activating group) is 1. The maximum Gasteiger partial charge on any atom is 0.409 e. The molecule has 1 rings (SSSR count). The number of amides is 1. The van der Waals surface area contributed by atoms with Crippen molar-refractivity contribution in [3.8, 4) is 0 Å².